The highest BCUT2D eigenvalue weighted by molar-refractivity contribution is 6.30. The number of aliphatic hydroxyl groups is 1. The van der Waals surface area contributed by atoms with Crippen molar-refractivity contribution in [1.82, 2.24) is 9.97 Å². The molecule has 2 N–H and O–H groups in total. The minimum absolute atomic E-state index is 0.0117. The largest absolute Gasteiger partial charge is 0.396 e. The van der Waals surface area contributed by atoms with Crippen LogP contribution in [-0.2, 0) is 0 Å². The second-order valence-electron chi connectivity index (χ2n) is 5.25. The molecule has 1 aliphatic carbocycles. The van der Waals surface area contributed by atoms with Gasteiger partial charge in [0.15, 0.2) is 0 Å². The number of aliphatic hydroxyl groups excluding tert-OH is 1. The summed E-state index contributed by atoms with van der Waals surface area (Å²) in [6.45, 7) is 4.71. The van der Waals surface area contributed by atoms with E-state index >= 15 is 0 Å². The van der Waals surface area contributed by atoms with E-state index in [-0.39, 0.29) is 12.0 Å². The number of hydrogen-bond donors (Lipinski definition) is 2. The molecule has 1 aromatic heterocycles. The van der Waals surface area contributed by atoms with E-state index in [0.29, 0.717) is 11.0 Å². The van der Waals surface area contributed by atoms with Crippen LogP contribution >= 0.6 is 11.6 Å². The van der Waals surface area contributed by atoms with E-state index in [2.05, 4.69) is 15.3 Å². The number of nitrogens with one attached hydrogen (secondary N) is 1. The summed E-state index contributed by atoms with van der Waals surface area (Å²) in [6, 6.07) is 0. The number of hydrogen-bond acceptors (Lipinski definition) is 4. The van der Waals surface area contributed by atoms with Gasteiger partial charge in [0, 0.05) is 17.5 Å². The lowest BCUT2D eigenvalue weighted by atomic mass is 9.87. The van der Waals surface area contributed by atoms with Crippen LogP contribution in [0.2, 0.25) is 5.15 Å². The maximum atomic E-state index is 9.57. The Kier molecular flexibility index (Phi) is 4.07. The third-order valence-corrected chi connectivity index (χ3v) is 4.20. The van der Waals surface area contributed by atoms with Crippen molar-refractivity contribution in [3.8, 4) is 0 Å². The average Bonchev–Trinajstić information content (AvgIpc) is 2.81. The molecule has 18 heavy (non-hydrogen) atoms. The first-order chi connectivity index (χ1) is 8.56. The molecule has 1 aliphatic rings. The third kappa shape index (κ3) is 2.75. The Morgan fingerprint density at radius 3 is 2.56 bits per heavy atom. The van der Waals surface area contributed by atoms with E-state index in [0.717, 1.165) is 30.8 Å². The molecule has 5 heteroatoms. The first-order valence-electron chi connectivity index (χ1n) is 6.42. The molecule has 0 saturated heterocycles. The van der Waals surface area contributed by atoms with E-state index < -0.39 is 0 Å². The molecule has 0 unspecified atom stereocenters. The van der Waals surface area contributed by atoms with Gasteiger partial charge in [-0.1, -0.05) is 24.4 Å². The number of aromatic nitrogens is 2. The Hall–Kier alpha value is -0.870. The van der Waals surface area contributed by atoms with Gasteiger partial charge in [0.2, 0.25) is 0 Å². The third-order valence-electron chi connectivity index (χ3n) is 3.83. The van der Waals surface area contributed by atoms with Crippen LogP contribution in [0.15, 0.2) is 0 Å². The second kappa shape index (κ2) is 5.41. The SMILES string of the molecule is Cc1nc(Cl)c(C)c(NCC2(CO)CCCC2)n1. The van der Waals surface area contributed by atoms with E-state index in [9.17, 15) is 5.11 Å². The molecular weight excluding hydrogens is 250 g/mol. The normalized spacial score (nSPS) is 18.0. The molecule has 1 saturated carbocycles. The first kappa shape index (κ1) is 13.6. The highest BCUT2D eigenvalue weighted by Gasteiger charge is 2.33. The predicted molar refractivity (Wildman–Crippen MR) is 73.0 cm³/mol. The van der Waals surface area contributed by atoms with E-state index in [1.807, 2.05) is 13.8 Å². The average molecular weight is 270 g/mol. The molecule has 100 valence electrons. The molecule has 2 rings (SSSR count). The van der Waals surface area contributed by atoms with Crippen molar-refractivity contribution in [3.05, 3.63) is 16.5 Å². The van der Waals surface area contributed by atoms with Crippen molar-refractivity contribution in [2.24, 2.45) is 5.41 Å². The molecule has 0 atom stereocenters. The predicted octanol–water partition coefficient (Wildman–Crippen LogP) is 2.71. The monoisotopic (exact) mass is 269 g/mol. The minimum Gasteiger partial charge on any atom is -0.396 e. The maximum absolute atomic E-state index is 9.57. The lowest BCUT2D eigenvalue weighted by Crippen LogP contribution is -2.31. The summed E-state index contributed by atoms with van der Waals surface area (Å²) < 4.78 is 0. The van der Waals surface area contributed by atoms with Crippen LogP contribution in [0.25, 0.3) is 0 Å². The van der Waals surface area contributed by atoms with Crippen molar-refractivity contribution < 1.29 is 5.11 Å². The fourth-order valence-electron chi connectivity index (χ4n) is 2.55. The summed E-state index contributed by atoms with van der Waals surface area (Å²) in [7, 11) is 0. The molecule has 0 bridgehead atoms. The Bertz CT molecular complexity index is 430. The lowest BCUT2D eigenvalue weighted by Gasteiger charge is -2.27. The standard InChI is InChI=1S/C13H20ClN3O/c1-9-11(14)16-10(2)17-12(9)15-7-13(8-18)5-3-4-6-13/h18H,3-8H2,1-2H3,(H,15,16,17). The molecule has 1 aromatic rings. The zero-order valence-electron chi connectivity index (χ0n) is 11.0. The minimum atomic E-state index is 0.0117. The molecule has 0 amide bonds. The topological polar surface area (TPSA) is 58.0 Å². The summed E-state index contributed by atoms with van der Waals surface area (Å²) >= 11 is 6.04. The molecule has 0 aromatic carbocycles. The molecule has 1 heterocycles. The van der Waals surface area contributed by atoms with Crippen LogP contribution in [0.1, 0.15) is 37.1 Å². The summed E-state index contributed by atoms with van der Waals surface area (Å²) in [6.07, 6.45) is 4.55. The second-order valence-corrected chi connectivity index (χ2v) is 5.61. The van der Waals surface area contributed by atoms with Crippen LogP contribution in [0.3, 0.4) is 0 Å². The fourth-order valence-corrected chi connectivity index (χ4v) is 2.77. The van der Waals surface area contributed by atoms with Gasteiger partial charge >= 0.3 is 0 Å². The van der Waals surface area contributed by atoms with Crippen molar-refractivity contribution >= 4 is 17.4 Å². The van der Waals surface area contributed by atoms with Crippen molar-refractivity contribution in [3.63, 3.8) is 0 Å². The summed E-state index contributed by atoms with van der Waals surface area (Å²) in [5.41, 5.74) is 0.881. The molecule has 0 radical (unpaired) electrons. The van der Waals surface area contributed by atoms with Gasteiger partial charge in [-0.2, -0.15) is 0 Å². The zero-order valence-corrected chi connectivity index (χ0v) is 11.7. The van der Waals surface area contributed by atoms with Crippen LogP contribution in [0.4, 0.5) is 5.82 Å². The summed E-state index contributed by atoms with van der Waals surface area (Å²) in [5, 5.41) is 13.4. The number of halogens is 1. The van der Waals surface area contributed by atoms with Crippen LogP contribution in [0, 0.1) is 19.3 Å². The molecule has 0 spiro atoms. The Balaban J connectivity index is 2.10. The zero-order chi connectivity index (χ0) is 13.2. The van der Waals surface area contributed by atoms with Gasteiger partial charge < -0.3 is 10.4 Å². The molecular formula is C13H20ClN3O. The highest BCUT2D eigenvalue weighted by atomic mass is 35.5. The van der Waals surface area contributed by atoms with Gasteiger partial charge in [0.25, 0.3) is 0 Å². The summed E-state index contributed by atoms with van der Waals surface area (Å²) in [4.78, 5) is 8.49. The van der Waals surface area contributed by atoms with Crippen molar-refractivity contribution in [2.45, 2.75) is 39.5 Å². The summed E-state index contributed by atoms with van der Waals surface area (Å²) in [5.74, 6) is 1.45. The van der Waals surface area contributed by atoms with Gasteiger partial charge in [-0.05, 0) is 26.7 Å². The van der Waals surface area contributed by atoms with Gasteiger partial charge in [-0.15, -0.1) is 0 Å². The number of anilines is 1. The van der Waals surface area contributed by atoms with E-state index in [1.165, 1.54) is 12.8 Å². The lowest BCUT2D eigenvalue weighted by molar-refractivity contribution is 0.142. The van der Waals surface area contributed by atoms with Gasteiger partial charge in [0.1, 0.15) is 16.8 Å². The number of rotatable bonds is 4. The maximum Gasteiger partial charge on any atom is 0.137 e. The van der Waals surface area contributed by atoms with Gasteiger partial charge in [0.05, 0.1) is 6.61 Å². The first-order valence-corrected chi connectivity index (χ1v) is 6.80. The van der Waals surface area contributed by atoms with Crippen LogP contribution in [-0.4, -0.2) is 28.2 Å². The Morgan fingerprint density at radius 2 is 1.94 bits per heavy atom. The quantitative estimate of drug-likeness (QED) is 0.825. The number of nitrogens with zero attached hydrogens (tertiary/aromatic N) is 2. The highest BCUT2D eigenvalue weighted by Crippen LogP contribution is 2.37. The van der Waals surface area contributed by atoms with Gasteiger partial charge in [-0.25, -0.2) is 9.97 Å². The van der Waals surface area contributed by atoms with Crippen molar-refractivity contribution in [1.29, 1.82) is 0 Å². The van der Waals surface area contributed by atoms with Crippen LogP contribution in [0.5, 0.6) is 0 Å². The molecule has 1 fully saturated rings. The van der Waals surface area contributed by atoms with Gasteiger partial charge in [-0.3, -0.25) is 0 Å². The number of aryl methyl sites for hydroxylation is 1. The van der Waals surface area contributed by atoms with Crippen LogP contribution < -0.4 is 5.32 Å². The Morgan fingerprint density at radius 1 is 1.28 bits per heavy atom. The smallest absolute Gasteiger partial charge is 0.137 e. The van der Waals surface area contributed by atoms with Crippen molar-refractivity contribution in [2.75, 3.05) is 18.5 Å². The molecule has 4 nitrogen and oxygen atoms in total. The van der Waals surface area contributed by atoms with E-state index in [4.69, 9.17) is 11.6 Å². The molecule has 0 aliphatic heterocycles. The Labute approximate surface area is 113 Å². The fraction of sp³-hybridized carbons (Fsp3) is 0.692. The van der Waals surface area contributed by atoms with E-state index in [1.54, 1.807) is 0 Å².